The quantitative estimate of drug-likeness (QED) is 0.918. The highest BCUT2D eigenvalue weighted by Gasteiger charge is 2.25. The van der Waals surface area contributed by atoms with Gasteiger partial charge in [0.05, 0.1) is 6.10 Å². The molecule has 4 heteroatoms. The van der Waals surface area contributed by atoms with Crippen LogP contribution >= 0.6 is 0 Å². The van der Waals surface area contributed by atoms with Crippen molar-refractivity contribution < 1.29 is 14.6 Å². The van der Waals surface area contributed by atoms with E-state index < -0.39 is 6.10 Å². The van der Waals surface area contributed by atoms with Gasteiger partial charge in [-0.15, -0.1) is 0 Å². The Morgan fingerprint density at radius 2 is 2.15 bits per heavy atom. The molecule has 20 heavy (non-hydrogen) atoms. The van der Waals surface area contributed by atoms with Crippen LogP contribution in [-0.2, 0) is 11.2 Å². The fourth-order valence-corrected chi connectivity index (χ4v) is 3.09. The van der Waals surface area contributed by atoms with E-state index in [1.54, 1.807) is 0 Å². The van der Waals surface area contributed by atoms with Crippen LogP contribution in [0.5, 0.6) is 5.75 Å². The SMILES string of the molecule is CC(Oc1ccc2c(c1)CC[C@H]2O)C(=O)N1CCCC1. The molecule has 2 atom stereocenters. The lowest BCUT2D eigenvalue weighted by atomic mass is 10.1. The van der Waals surface area contributed by atoms with Crippen LogP contribution in [0.3, 0.4) is 0 Å². The molecule has 4 nitrogen and oxygen atoms in total. The number of aliphatic hydroxyl groups excluding tert-OH is 1. The molecule has 1 fully saturated rings. The summed E-state index contributed by atoms with van der Waals surface area (Å²) in [7, 11) is 0. The largest absolute Gasteiger partial charge is 0.481 e. The van der Waals surface area contributed by atoms with E-state index in [4.69, 9.17) is 4.74 Å². The Morgan fingerprint density at radius 1 is 1.40 bits per heavy atom. The summed E-state index contributed by atoms with van der Waals surface area (Å²) in [6.45, 7) is 3.51. The summed E-state index contributed by atoms with van der Waals surface area (Å²) in [5.41, 5.74) is 2.13. The van der Waals surface area contributed by atoms with E-state index in [0.717, 1.165) is 55.6 Å². The lowest BCUT2D eigenvalue weighted by Gasteiger charge is -2.21. The molecule has 1 amide bonds. The number of fused-ring (bicyclic) bond motifs is 1. The average molecular weight is 275 g/mol. The molecule has 3 rings (SSSR count). The minimum atomic E-state index is -0.447. The van der Waals surface area contributed by atoms with Crippen LogP contribution in [0.1, 0.15) is 43.4 Å². The van der Waals surface area contributed by atoms with Gasteiger partial charge >= 0.3 is 0 Å². The molecule has 0 saturated carbocycles. The first kappa shape index (κ1) is 13.4. The smallest absolute Gasteiger partial charge is 0.263 e. The number of aryl methyl sites for hydroxylation is 1. The highest BCUT2D eigenvalue weighted by Crippen LogP contribution is 2.33. The van der Waals surface area contributed by atoms with Gasteiger partial charge in [-0.05, 0) is 55.9 Å². The highest BCUT2D eigenvalue weighted by atomic mass is 16.5. The lowest BCUT2D eigenvalue weighted by Crippen LogP contribution is -2.38. The zero-order valence-corrected chi connectivity index (χ0v) is 11.8. The van der Waals surface area contributed by atoms with Crippen molar-refractivity contribution in [1.29, 1.82) is 0 Å². The maximum Gasteiger partial charge on any atom is 0.263 e. The second-order valence-corrected chi connectivity index (χ2v) is 5.71. The maximum absolute atomic E-state index is 12.2. The Balaban J connectivity index is 1.67. The third-order valence-corrected chi connectivity index (χ3v) is 4.24. The van der Waals surface area contributed by atoms with Crippen LogP contribution < -0.4 is 4.74 Å². The molecule has 1 N–H and O–H groups in total. The van der Waals surface area contributed by atoms with Gasteiger partial charge in [0.25, 0.3) is 5.91 Å². The van der Waals surface area contributed by atoms with E-state index in [-0.39, 0.29) is 12.0 Å². The van der Waals surface area contributed by atoms with E-state index in [1.807, 2.05) is 30.0 Å². The van der Waals surface area contributed by atoms with Gasteiger partial charge in [-0.2, -0.15) is 0 Å². The molecule has 0 aromatic heterocycles. The van der Waals surface area contributed by atoms with Crippen LogP contribution in [-0.4, -0.2) is 35.1 Å². The topological polar surface area (TPSA) is 49.8 Å². The molecule has 1 unspecified atom stereocenters. The van der Waals surface area contributed by atoms with E-state index in [2.05, 4.69) is 0 Å². The van der Waals surface area contributed by atoms with Crippen molar-refractivity contribution in [2.75, 3.05) is 13.1 Å². The van der Waals surface area contributed by atoms with E-state index in [9.17, 15) is 9.90 Å². The second kappa shape index (κ2) is 5.44. The normalized spacial score (nSPS) is 22.7. The molecule has 1 saturated heterocycles. The predicted molar refractivity (Wildman–Crippen MR) is 75.6 cm³/mol. The Kier molecular flexibility index (Phi) is 3.66. The second-order valence-electron chi connectivity index (χ2n) is 5.71. The number of nitrogens with zero attached hydrogens (tertiary/aromatic N) is 1. The summed E-state index contributed by atoms with van der Waals surface area (Å²) < 4.78 is 5.78. The summed E-state index contributed by atoms with van der Waals surface area (Å²) in [6.07, 6.45) is 3.05. The fourth-order valence-electron chi connectivity index (χ4n) is 3.09. The van der Waals surface area contributed by atoms with Crippen molar-refractivity contribution in [3.63, 3.8) is 0 Å². The van der Waals surface area contributed by atoms with Gasteiger partial charge in [-0.3, -0.25) is 4.79 Å². The number of amides is 1. The molecular weight excluding hydrogens is 254 g/mol. The van der Waals surface area contributed by atoms with Crippen LogP contribution in [0.15, 0.2) is 18.2 Å². The number of aliphatic hydroxyl groups is 1. The van der Waals surface area contributed by atoms with Crippen molar-refractivity contribution in [2.24, 2.45) is 0 Å². The van der Waals surface area contributed by atoms with Crippen molar-refractivity contribution in [3.8, 4) is 5.75 Å². The first-order valence-corrected chi connectivity index (χ1v) is 7.41. The Bertz CT molecular complexity index is 508. The molecule has 1 aliphatic heterocycles. The molecule has 0 spiro atoms. The summed E-state index contributed by atoms with van der Waals surface area (Å²) >= 11 is 0. The number of likely N-dealkylation sites (tertiary alicyclic amines) is 1. The van der Waals surface area contributed by atoms with E-state index in [1.165, 1.54) is 0 Å². The number of rotatable bonds is 3. The number of hydrogen-bond donors (Lipinski definition) is 1. The summed E-state index contributed by atoms with van der Waals surface area (Å²) in [5, 5.41) is 9.78. The fraction of sp³-hybridized carbons (Fsp3) is 0.562. The number of ether oxygens (including phenoxy) is 1. The van der Waals surface area contributed by atoms with Gasteiger partial charge in [0.15, 0.2) is 6.10 Å². The minimum absolute atomic E-state index is 0.0723. The van der Waals surface area contributed by atoms with Gasteiger partial charge in [-0.25, -0.2) is 0 Å². The number of carbonyl (C=O) groups is 1. The van der Waals surface area contributed by atoms with Crippen molar-refractivity contribution >= 4 is 5.91 Å². The molecule has 108 valence electrons. The van der Waals surface area contributed by atoms with Gasteiger partial charge < -0.3 is 14.7 Å². The van der Waals surface area contributed by atoms with E-state index in [0.29, 0.717) is 0 Å². The number of carbonyl (C=O) groups excluding carboxylic acids is 1. The van der Waals surface area contributed by atoms with Gasteiger partial charge in [0.2, 0.25) is 0 Å². The highest BCUT2D eigenvalue weighted by molar-refractivity contribution is 5.81. The lowest BCUT2D eigenvalue weighted by molar-refractivity contribution is -0.136. The Morgan fingerprint density at radius 3 is 2.90 bits per heavy atom. The number of hydrogen-bond acceptors (Lipinski definition) is 3. The Hall–Kier alpha value is -1.55. The average Bonchev–Trinajstić information content (AvgIpc) is 3.08. The van der Waals surface area contributed by atoms with Crippen LogP contribution in [0.2, 0.25) is 0 Å². The maximum atomic E-state index is 12.2. The molecule has 1 aromatic rings. The van der Waals surface area contributed by atoms with Crippen molar-refractivity contribution in [2.45, 2.75) is 44.8 Å². The Labute approximate surface area is 119 Å². The molecule has 1 aromatic carbocycles. The third kappa shape index (κ3) is 2.52. The van der Waals surface area contributed by atoms with Crippen molar-refractivity contribution in [1.82, 2.24) is 4.90 Å². The zero-order chi connectivity index (χ0) is 14.1. The first-order chi connectivity index (χ1) is 9.65. The van der Waals surface area contributed by atoms with Gasteiger partial charge in [0, 0.05) is 13.1 Å². The zero-order valence-electron chi connectivity index (χ0n) is 11.8. The molecule has 1 heterocycles. The molecular formula is C16H21NO3. The van der Waals surface area contributed by atoms with Crippen molar-refractivity contribution in [3.05, 3.63) is 29.3 Å². The molecule has 1 aliphatic carbocycles. The summed E-state index contributed by atoms with van der Waals surface area (Å²) in [5.74, 6) is 0.793. The molecule has 2 aliphatic rings. The third-order valence-electron chi connectivity index (χ3n) is 4.24. The minimum Gasteiger partial charge on any atom is -0.481 e. The summed E-state index contributed by atoms with van der Waals surface area (Å²) in [4.78, 5) is 14.1. The monoisotopic (exact) mass is 275 g/mol. The van der Waals surface area contributed by atoms with E-state index >= 15 is 0 Å². The number of benzene rings is 1. The summed E-state index contributed by atoms with van der Waals surface area (Å²) in [6, 6.07) is 5.72. The van der Waals surface area contributed by atoms with Crippen LogP contribution in [0, 0.1) is 0 Å². The molecule has 0 radical (unpaired) electrons. The van der Waals surface area contributed by atoms with Crippen LogP contribution in [0.25, 0.3) is 0 Å². The van der Waals surface area contributed by atoms with Crippen LogP contribution in [0.4, 0.5) is 0 Å². The molecule has 0 bridgehead atoms. The first-order valence-electron chi connectivity index (χ1n) is 7.41. The predicted octanol–water partition coefficient (Wildman–Crippen LogP) is 2.06. The van der Waals surface area contributed by atoms with Gasteiger partial charge in [0.1, 0.15) is 5.75 Å². The standard InChI is InChI=1S/C16H21NO3/c1-11(16(19)17-8-2-3-9-17)20-13-5-6-14-12(10-13)4-7-15(14)18/h5-6,10-11,15,18H,2-4,7-9H2,1H3/t11?,15-/m1/s1. The van der Waals surface area contributed by atoms with Gasteiger partial charge in [-0.1, -0.05) is 6.07 Å².